The van der Waals surface area contributed by atoms with Crippen molar-refractivity contribution in [1.29, 1.82) is 0 Å². The third-order valence-electron chi connectivity index (χ3n) is 3.50. The highest BCUT2D eigenvalue weighted by molar-refractivity contribution is 7.87. The van der Waals surface area contributed by atoms with E-state index in [4.69, 9.17) is 5.11 Å². The molecule has 1 saturated carbocycles. The number of rotatable bonds is 9. The Kier molecular flexibility index (Phi) is 5.72. The Morgan fingerprint density at radius 2 is 2.11 bits per heavy atom. The first-order valence-electron chi connectivity index (χ1n) is 6.24. The second-order valence-electron chi connectivity index (χ2n) is 4.95. The van der Waals surface area contributed by atoms with Crippen LogP contribution in [0.2, 0.25) is 0 Å². The van der Waals surface area contributed by atoms with Gasteiger partial charge in [0.25, 0.3) is 10.2 Å². The van der Waals surface area contributed by atoms with Gasteiger partial charge < -0.3 is 9.84 Å². The standard InChI is InChI=1S/C11H22N2O5S/c1-13(7-3-10(15)18-2)19(16,17)12-9-11(4-5-11)6-8-14/h12,14H,3-9H2,1-2H3. The molecule has 0 heterocycles. The fourth-order valence-corrected chi connectivity index (χ4v) is 2.80. The normalized spacial score (nSPS) is 17.5. The van der Waals surface area contributed by atoms with Gasteiger partial charge in [0.15, 0.2) is 0 Å². The highest BCUT2D eigenvalue weighted by atomic mass is 32.2. The van der Waals surface area contributed by atoms with Crippen molar-refractivity contribution in [3.63, 3.8) is 0 Å². The van der Waals surface area contributed by atoms with Crippen LogP contribution in [0.1, 0.15) is 25.7 Å². The molecule has 2 N–H and O–H groups in total. The molecule has 8 heteroatoms. The molecular weight excluding hydrogens is 272 g/mol. The maximum Gasteiger partial charge on any atom is 0.306 e. The molecule has 19 heavy (non-hydrogen) atoms. The molecule has 1 fully saturated rings. The quantitative estimate of drug-likeness (QED) is 0.558. The highest BCUT2D eigenvalue weighted by Gasteiger charge is 2.42. The van der Waals surface area contributed by atoms with Crippen LogP contribution >= 0.6 is 0 Å². The van der Waals surface area contributed by atoms with Crippen molar-refractivity contribution in [2.75, 3.05) is 33.9 Å². The zero-order chi connectivity index (χ0) is 14.5. The molecule has 0 amide bonds. The topological polar surface area (TPSA) is 95.9 Å². The van der Waals surface area contributed by atoms with Crippen LogP contribution in [0.4, 0.5) is 0 Å². The summed E-state index contributed by atoms with van der Waals surface area (Å²) in [7, 11) is -0.903. The van der Waals surface area contributed by atoms with E-state index in [2.05, 4.69) is 9.46 Å². The van der Waals surface area contributed by atoms with Crippen LogP contribution in [0.15, 0.2) is 0 Å². The molecule has 0 unspecified atom stereocenters. The van der Waals surface area contributed by atoms with Crippen LogP contribution in [-0.2, 0) is 19.7 Å². The fourth-order valence-electron chi connectivity index (χ4n) is 1.75. The minimum absolute atomic E-state index is 0.0235. The molecule has 1 rings (SSSR count). The Hall–Kier alpha value is -0.700. The van der Waals surface area contributed by atoms with E-state index in [0.29, 0.717) is 13.0 Å². The number of esters is 1. The number of nitrogens with one attached hydrogen (secondary N) is 1. The Labute approximate surface area is 114 Å². The van der Waals surface area contributed by atoms with E-state index in [0.717, 1.165) is 17.1 Å². The number of carbonyl (C=O) groups is 1. The van der Waals surface area contributed by atoms with Gasteiger partial charge in [-0.3, -0.25) is 4.79 Å². The molecule has 0 bridgehead atoms. The summed E-state index contributed by atoms with van der Waals surface area (Å²) in [5.41, 5.74) is -0.0784. The minimum Gasteiger partial charge on any atom is -0.469 e. The third kappa shape index (κ3) is 5.06. The number of hydrogen-bond acceptors (Lipinski definition) is 5. The summed E-state index contributed by atoms with van der Waals surface area (Å²) in [6.07, 6.45) is 2.50. The van der Waals surface area contributed by atoms with Crippen LogP contribution in [0.5, 0.6) is 0 Å². The van der Waals surface area contributed by atoms with Gasteiger partial charge in [0.2, 0.25) is 0 Å². The summed E-state index contributed by atoms with van der Waals surface area (Å²) in [5.74, 6) is -0.444. The molecule has 1 aliphatic carbocycles. The molecule has 0 radical (unpaired) electrons. The average molecular weight is 294 g/mol. The third-order valence-corrected chi connectivity index (χ3v) is 5.01. The van der Waals surface area contributed by atoms with Gasteiger partial charge >= 0.3 is 5.97 Å². The molecule has 0 aliphatic heterocycles. The lowest BCUT2D eigenvalue weighted by molar-refractivity contribution is -0.140. The molecule has 1 aliphatic rings. The molecule has 0 atom stereocenters. The first-order chi connectivity index (χ1) is 8.85. The van der Waals surface area contributed by atoms with Gasteiger partial charge in [0, 0.05) is 26.7 Å². The molecule has 0 saturated heterocycles. The summed E-state index contributed by atoms with van der Waals surface area (Å²) in [6.45, 7) is 0.480. The van der Waals surface area contributed by atoms with Gasteiger partial charge in [-0.2, -0.15) is 12.7 Å². The SMILES string of the molecule is COC(=O)CCN(C)S(=O)(=O)NCC1(CCO)CC1. The number of hydrogen-bond donors (Lipinski definition) is 2. The second-order valence-corrected chi connectivity index (χ2v) is 6.81. The van der Waals surface area contributed by atoms with Crippen LogP contribution in [-0.4, -0.2) is 57.7 Å². The van der Waals surface area contributed by atoms with E-state index in [-0.39, 0.29) is 25.0 Å². The fraction of sp³-hybridized carbons (Fsp3) is 0.909. The maximum absolute atomic E-state index is 11.9. The number of aliphatic hydroxyl groups excluding tert-OH is 1. The number of ether oxygens (including phenoxy) is 1. The monoisotopic (exact) mass is 294 g/mol. The van der Waals surface area contributed by atoms with Gasteiger partial charge in [0.05, 0.1) is 13.5 Å². The molecule has 112 valence electrons. The highest BCUT2D eigenvalue weighted by Crippen LogP contribution is 2.48. The second kappa shape index (κ2) is 6.65. The zero-order valence-corrected chi connectivity index (χ0v) is 12.2. The van der Waals surface area contributed by atoms with Crippen LogP contribution < -0.4 is 4.72 Å². The lowest BCUT2D eigenvalue weighted by atomic mass is 10.0. The number of aliphatic hydroxyl groups is 1. The van der Waals surface area contributed by atoms with E-state index in [1.807, 2.05) is 0 Å². The van der Waals surface area contributed by atoms with Crippen LogP contribution in [0.3, 0.4) is 0 Å². The van der Waals surface area contributed by atoms with Crippen molar-refractivity contribution in [2.24, 2.45) is 5.41 Å². The van der Waals surface area contributed by atoms with Crippen LogP contribution in [0.25, 0.3) is 0 Å². The van der Waals surface area contributed by atoms with E-state index in [9.17, 15) is 13.2 Å². The molecule has 7 nitrogen and oxygen atoms in total. The molecule has 0 spiro atoms. The maximum atomic E-state index is 11.9. The van der Waals surface area contributed by atoms with Gasteiger partial charge in [0.1, 0.15) is 0 Å². The number of nitrogens with zero attached hydrogens (tertiary/aromatic N) is 1. The van der Waals surface area contributed by atoms with Crippen molar-refractivity contribution in [3.05, 3.63) is 0 Å². The molecule has 0 aromatic carbocycles. The first kappa shape index (κ1) is 16.4. The first-order valence-corrected chi connectivity index (χ1v) is 7.68. The van der Waals surface area contributed by atoms with Crippen LogP contribution in [0, 0.1) is 5.41 Å². The van der Waals surface area contributed by atoms with Crippen molar-refractivity contribution in [2.45, 2.75) is 25.7 Å². The Morgan fingerprint density at radius 3 is 2.58 bits per heavy atom. The molecule has 0 aromatic rings. The predicted molar refractivity (Wildman–Crippen MR) is 69.6 cm³/mol. The van der Waals surface area contributed by atoms with E-state index in [1.54, 1.807) is 0 Å². The van der Waals surface area contributed by atoms with Crippen molar-refractivity contribution >= 4 is 16.2 Å². The zero-order valence-electron chi connectivity index (χ0n) is 11.4. The minimum atomic E-state index is -3.58. The predicted octanol–water partition coefficient (Wildman–Crippen LogP) is -0.522. The van der Waals surface area contributed by atoms with Gasteiger partial charge in [-0.05, 0) is 24.7 Å². The number of methoxy groups -OCH3 is 1. The summed E-state index contributed by atoms with van der Waals surface area (Å²) in [5, 5.41) is 8.91. The van der Waals surface area contributed by atoms with E-state index >= 15 is 0 Å². The summed E-state index contributed by atoms with van der Waals surface area (Å²) >= 11 is 0. The molecule has 0 aromatic heterocycles. The summed E-state index contributed by atoms with van der Waals surface area (Å²) < 4.78 is 31.9. The van der Waals surface area contributed by atoms with E-state index in [1.165, 1.54) is 14.2 Å². The van der Waals surface area contributed by atoms with Gasteiger partial charge in [-0.15, -0.1) is 0 Å². The lowest BCUT2D eigenvalue weighted by Gasteiger charge is -2.20. The smallest absolute Gasteiger partial charge is 0.306 e. The average Bonchev–Trinajstić information content (AvgIpc) is 3.14. The summed E-state index contributed by atoms with van der Waals surface area (Å²) in [6, 6.07) is 0. The Bertz CT molecular complexity index is 405. The van der Waals surface area contributed by atoms with Crippen molar-refractivity contribution in [3.8, 4) is 0 Å². The van der Waals surface area contributed by atoms with Crippen molar-refractivity contribution in [1.82, 2.24) is 9.03 Å². The molecular formula is C11H22N2O5S. The summed E-state index contributed by atoms with van der Waals surface area (Å²) in [4.78, 5) is 11.0. The lowest BCUT2D eigenvalue weighted by Crippen LogP contribution is -2.41. The number of carbonyl (C=O) groups excluding carboxylic acids is 1. The van der Waals surface area contributed by atoms with Gasteiger partial charge in [-0.1, -0.05) is 0 Å². The Morgan fingerprint density at radius 1 is 1.47 bits per heavy atom. The largest absolute Gasteiger partial charge is 0.469 e. The van der Waals surface area contributed by atoms with Crippen molar-refractivity contribution < 1.29 is 23.1 Å². The van der Waals surface area contributed by atoms with Gasteiger partial charge in [-0.25, -0.2) is 4.72 Å². The van der Waals surface area contributed by atoms with E-state index < -0.39 is 16.2 Å². The Balaban J connectivity index is 2.40.